The Kier molecular flexibility index (Phi) is 5.72. The quantitative estimate of drug-likeness (QED) is 0.496. The average Bonchev–Trinajstić information content (AvgIpc) is 3.30. The molecular formula is C18H13FN2O4S2. The second-order valence-electron chi connectivity index (χ2n) is 5.39. The predicted molar refractivity (Wildman–Crippen MR) is 101 cm³/mol. The molecule has 0 bridgehead atoms. The molecule has 138 valence electrons. The number of esters is 1. The van der Waals surface area contributed by atoms with Gasteiger partial charge in [-0.05, 0) is 29.6 Å². The highest BCUT2D eigenvalue weighted by Crippen LogP contribution is 2.28. The molecule has 0 aliphatic carbocycles. The summed E-state index contributed by atoms with van der Waals surface area (Å²) in [5.41, 5.74) is 0.101. The van der Waals surface area contributed by atoms with Crippen LogP contribution in [0.15, 0.2) is 41.1 Å². The largest absolute Gasteiger partial charge is 0.453 e. The molecule has 1 amide bonds. The Morgan fingerprint density at radius 2 is 2.04 bits per heavy atom. The molecule has 6 nitrogen and oxygen atoms in total. The second-order valence-corrected chi connectivity index (χ2v) is 7.20. The van der Waals surface area contributed by atoms with Gasteiger partial charge < -0.3 is 10.1 Å². The Morgan fingerprint density at radius 1 is 1.22 bits per heavy atom. The van der Waals surface area contributed by atoms with E-state index in [1.165, 1.54) is 41.7 Å². The first-order chi connectivity index (χ1) is 12.9. The third kappa shape index (κ3) is 4.63. The van der Waals surface area contributed by atoms with Gasteiger partial charge in [0, 0.05) is 18.0 Å². The average molecular weight is 404 g/mol. The number of hydrogen-bond donors (Lipinski definition) is 1. The van der Waals surface area contributed by atoms with Gasteiger partial charge in [0.05, 0.1) is 10.4 Å². The number of nitrogens with zero attached hydrogens (tertiary/aromatic N) is 1. The van der Waals surface area contributed by atoms with E-state index >= 15 is 0 Å². The van der Waals surface area contributed by atoms with Crippen molar-refractivity contribution < 1.29 is 23.5 Å². The van der Waals surface area contributed by atoms with Gasteiger partial charge in [0.15, 0.2) is 12.3 Å². The number of thiazole rings is 1. The highest BCUT2D eigenvalue weighted by atomic mass is 32.1. The van der Waals surface area contributed by atoms with Gasteiger partial charge in [-0.2, -0.15) is 0 Å². The number of thiophene rings is 1. The summed E-state index contributed by atoms with van der Waals surface area (Å²) >= 11 is 2.79. The summed E-state index contributed by atoms with van der Waals surface area (Å²) in [6.07, 6.45) is 0. The van der Waals surface area contributed by atoms with Crippen LogP contribution >= 0.6 is 22.7 Å². The van der Waals surface area contributed by atoms with Crippen molar-refractivity contribution >= 4 is 46.0 Å². The highest BCUT2D eigenvalue weighted by molar-refractivity contribution is 7.20. The van der Waals surface area contributed by atoms with Crippen LogP contribution in [0.4, 0.5) is 10.1 Å². The molecular weight excluding hydrogens is 391 g/mol. The molecule has 0 fully saturated rings. The second kappa shape index (κ2) is 8.19. The van der Waals surface area contributed by atoms with Gasteiger partial charge in [-0.1, -0.05) is 6.07 Å². The lowest BCUT2D eigenvalue weighted by molar-refractivity contribution is -0.114. The maximum atomic E-state index is 14.0. The molecule has 3 aromatic rings. The van der Waals surface area contributed by atoms with Crippen molar-refractivity contribution in [2.45, 2.75) is 6.92 Å². The number of ether oxygens (including phenoxy) is 1. The zero-order chi connectivity index (χ0) is 19.4. The Labute approximate surface area is 161 Å². The molecule has 27 heavy (non-hydrogen) atoms. The van der Waals surface area contributed by atoms with Gasteiger partial charge in [0.2, 0.25) is 11.7 Å². The van der Waals surface area contributed by atoms with Crippen LogP contribution in [0.5, 0.6) is 0 Å². The van der Waals surface area contributed by atoms with Gasteiger partial charge in [-0.3, -0.25) is 9.59 Å². The summed E-state index contributed by atoms with van der Waals surface area (Å²) in [4.78, 5) is 40.2. The summed E-state index contributed by atoms with van der Waals surface area (Å²) in [6, 6.07) is 7.42. The standard InChI is InChI=1S/C18H13FN2O4S2/c1-10(22)20-11-4-5-12(13(19)7-11)15(23)8-25-18(24)14-9-27-17(21-14)16-3-2-6-26-16/h2-7,9H,8H2,1H3,(H,20,22). The zero-order valence-corrected chi connectivity index (χ0v) is 15.7. The highest BCUT2D eigenvalue weighted by Gasteiger charge is 2.18. The fourth-order valence-electron chi connectivity index (χ4n) is 2.19. The minimum absolute atomic E-state index is 0.0951. The van der Waals surface area contributed by atoms with Crippen molar-refractivity contribution in [3.8, 4) is 9.88 Å². The van der Waals surface area contributed by atoms with Crippen molar-refractivity contribution in [1.29, 1.82) is 0 Å². The summed E-state index contributed by atoms with van der Waals surface area (Å²) < 4.78 is 19.0. The fourth-order valence-corrected chi connectivity index (χ4v) is 3.79. The van der Waals surface area contributed by atoms with Crippen LogP contribution in [0.3, 0.4) is 0 Å². The number of nitrogens with one attached hydrogen (secondary N) is 1. The minimum atomic E-state index is -0.809. The Bertz CT molecular complexity index is 999. The van der Waals surface area contributed by atoms with Crippen LogP contribution < -0.4 is 5.32 Å². The van der Waals surface area contributed by atoms with E-state index in [1.54, 1.807) is 5.38 Å². The monoisotopic (exact) mass is 404 g/mol. The van der Waals surface area contributed by atoms with Crippen molar-refractivity contribution in [1.82, 2.24) is 4.98 Å². The lowest BCUT2D eigenvalue weighted by Crippen LogP contribution is -2.16. The van der Waals surface area contributed by atoms with E-state index in [1.807, 2.05) is 17.5 Å². The molecule has 2 heterocycles. The zero-order valence-electron chi connectivity index (χ0n) is 14.0. The number of benzene rings is 1. The van der Waals surface area contributed by atoms with E-state index in [4.69, 9.17) is 4.74 Å². The summed E-state index contributed by atoms with van der Waals surface area (Å²) in [6.45, 7) is 0.680. The molecule has 3 rings (SSSR count). The maximum absolute atomic E-state index is 14.0. The molecule has 2 aromatic heterocycles. The molecule has 1 aromatic carbocycles. The van der Waals surface area contributed by atoms with Gasteiger partial charge in [-0.25, -0.2) is 14.2 Å². The first-order valence-corrected chi connectivity index (χ1v) is 9.47. The molecule has 0 saturated carbocycles. The van der Waals surface area contributed by atoms with Crippen LogP contribution in [0.25, 0.3) is 9.88 Å². The SMILES string of the molecule is CC(=O)Nc1ccc(C(=O)COC(=O)c2csc(-c3cccs3)n2)c(F)c1. The lowest BCUT2D eigenvalue weighted by atomic mass is 10.1. The van der Waals surface area contributed by atoms with Gasteiger partial charge >= 0.3 is 5.97 Å². The topological polar surface area (TPSA) is 85.4 Å². The fraction of sp³-hybridized carbons (Fsp3) is 0.111. The number of carbonyl (C=O) groups is 3. The number of rotatable bonds is 6. The molecule has 0 radical (unpaired) electrons. The number of hydrogen-bond acceptors (Lipinski definition) is 7. The molecule has 1 N–H and O–H groups in total. The molecule has 0 aliphatic rings. The van der Waals surface area contributed by atoms with E-state index in [0.717, 1.165) is 10.9 Å². The number of carbonyl (C=O) groups excluding carboxylic acids is 3. The smallest absolute Gasteiger partial charge is 0.358 e. The molecule has 0 saturated heterocycles. The first kappa shape index (κ1) is 18.9. The minimum Gasteiger partial charge on any atom is -0.453 e. The third-order valence-corrected chi connectivity index (χ3v) is 5.25. The first-order valence-electron chi connectivity index (χ1n) is 7.71. The van der Waals surface area contributed by atoms with Crippen molar-refractivity contribution in [2.24, 2.45) is 0 Å². The van der Waals surface area contributed by atoms with Gasteiger partial charge in [0.25, 0.3) is 0 Å². The van der Waals surface area contributed by atoms with E-state index in [2.05, 4.69) is 10.3 Å². The molecule has 0 atom stereocenters. The maximum Gasteiger partial charge on any atom is 0.358 e. The molecule has 0 aliphatic heterocycles. The molecule has 9 heteroatoms. The Morgan fingerprint density at radius 3 is 2.70 bits per heavy atom. The summed E-state index contributed by atoms with van der Waals surface area (Å²) in [7, 11) is 0. The normalized spacial score (nSPS) is 10.4. The Hall–Kier alpha value is -2.91. The number of amides is 1. The van der Waals surface area contributed by atoms with Crippen LogP contribution in [-0.2, 0) is 9.53 Å². The van der Waals surface area contributed by atoms with Crippen molar-refractivity contribution in [3.63, 3.8) is 0 Å². The van der Waals surface area contributed by atoms with Crippen molar-refractivity contribution in [2.75, 3.05) is 11.9 Å². The van der Waals surface area contributed by atoms with E-state index < -0.39 is 24.2 Å². The van der Waals surface area contributed by atoms with Crippen LogP contribution in [0.1, 0.15) is 27.8 Å². The van der Waals surface area contributed by atoms with Crippen molar-refractivity contribution in [3.05, 3.63) is 58.2 Å². The molecule has 0 spiro atoms. The number of aromatic nitrogens is 1. The predicted octanol–water partition coefficient (Wildman–Crippen LogP) is 4.01. The van der Waals surface area contributed by atoms with Crippen LogP contribution in [0.2, 0.25) is 0 Å². The van der Waals surface area contributed by atoms with Crippen LogP contribution in [-0.4, -0.2) is 29.3 Å². The van der Waals surface area contributed by atoms with Gasteiger partial charge in [-0.15, -0.1) is 22.7 Å². The van der Waals surface area contributed by atoms with E-state index in [-0.39, 0.29) is 22.9 Å². The van der Waals surface area contributed by atoms with Crippen LogP contribution in [0, 0.1) is 5.82 Å². The number of halogens is 1. The molecule has 0 unspecified atom stereocenters. The Balaban J connectivity index is 1.62. The summed E-state index contributed by atoms with van der Waals surface area (Å²) in [5.74, 6) is -2.61. The number of ketones is 1. The third-order valence-electron chi connectivity index (χ3n) is 3.37. The number of Topliss-reactive ketones (excluding diaryl/α,β-unsaturated/α-hetero) is 1. The van der Waals surface area contributed by atoms with Gasteiger partial charge in [0.1, 0.15) is 10.8 Å². The lowest BCUT2D eigenvalue weighted by Gasteiger charge is -2.06. The van der Waals surface area contributed by atoms with E-state index in [0.29, 0.717) is 5.01 Å². The van der Waals surface area contributed by atoms with E-state index in [9.17, 15) is 18.8 Å². The summed E-state index contributed by atoms with van der Waals surface area (Å²) in [5, 5.41) is 6.55. The number of anilines is 1.